The Morgan fingerprint density at radius 2 is 2.25 bits per heavy atom. The second-order valence-electron chi connectivity index (χ2n) is 5.18. The largest absolute Gasteiger partial charge is 0.481 e. The van der Waals surface area contributed by atoms with E-state index in [0.717, 1.165) is 11.3 Å². The van der Waals surface area contributed by atoms with Gasteiger partial charge in [-0.15, -0.1) is 0 Å². The summed E-state index contributed by atoms with van der Waals surface area (Å²) in [6.45, 7) is 1.43. The van der Waals surface area contributed by atoms with Crippen LogP contribution in [0.4, 0.5) is 10.5 Å². The van der Waals surface area contributed by atoms with Crippen LogP contribution < -0.4 is 10.2 Å². The molecule has 0 saturated carbocycles. The summed E-state index contributed by atoms with van der Waals surface area (Å²) in [6, 6.07) is 7.79. The second-order valence-corrected chi connectivity index (χ2v) is 5.18. The van der Waals surface area contributed by atoms with Gasteiger partial charge in [-0.2, -0.15) is 0 Å². The molecule has 2 atom stereocenters. The van der Waals surface area contributed by atoms with Gasteiger partial charge in [0.2, 0.25) is 0 Å². The lowest BCUT2D eigenvalue weighted by Crippen LogP contribution is -2.43. The van der Waals surface area contributed by atoms with Crippen LogP contribution in [0.1, 0.15) is 5.56 Å². The van der Waals surface area contributed by atoms with Gasteiger partial charge in [0, 0.05) is 12.2 Å². The Hall–Kier alpha value is -2.24. The van der Waals surface area contributed by atoms with Crippen LogP contribution >= 0.6 is 0 Å². The lowest BCUT2D eigenvalue weighted by molar-refractivity contribution is -0.141. The highest BCUT2D eigenvalue weighted by Gasteiger charge is 2.32. The molecule has 6 nitrogen and oxygen atoms in total. The van der Waals surface area contributed by atoms with Crippen molar-refractivity contribution in [2.24, 2.45) is 5.92 Å². The first-order valence-electron chi connectivity index (χ1n) is 6.63. The second kappa shape index (κ2) is 5.03. The third-order valence-corrected chi connectivity index (χ3v) is 3.76. The van der Waals surface area contributed by atoms with Crippen LogP contribution in [0.2, 0.25) is 0 Å². The maximum absolute atomic E-state index is 11.3. The van der Waals surface area contributed by atoms with E-state index >= 15 is 0 Å². The van der Waals surface area contributed by atoms with E-state index in [1.165, 1.54) is 0 Å². The molecule has 3 rings (SSSR count). The summed E-state index contributed by atoms with van der Waals surface area (Å²) in [5, 5.41) is 11.9. The summed E-state index contributed by atoms with van der Waals surface area (Å²) in [5.74, 6) is -1.21. The van der Waals surface area contributed by atoms with Gasteiger partial charge in [-0.05, 0) is 18.1 Å². The minimum absolute atomic E-state index is 0.233. The minimum atomic E-state index is -0.786. The predicted octanol–water partition coefficient (Wildman–Crippen LogP) is 0.858. The van der Waals surface area contributed by atoms with Crippen LogP contribution in [-0.2, 0) is 16.0 Å². The first kappa shape index (κ1) is 12.8. The molecule has 0 spiro atoms. The quantitative estimate of drug-likeness (QED) is 0.856. The molecule has 20 heavy (non-hydrogen) atoms. The van der Waals surface area contributed by atoms with E-state index in [1.807, 2.05) is 29.2 Å². The number of nitrogens with zero attached hydrogens (tertiary/aromatic N) is 1. The van der Waals surface area contributed by atoms with Gasteiger partial charge in [0.15, 0.2) is 0 Å². The molecule has 6 heteroatoms. The summed E-state index contributed by atoms with van der Waals surface area (Å²) in [4.78, 5) is 24.3. The monoisotopic (exact) mass is 276 g/mol. The summed E-state index contributed by atoms with van der Waals surface area (Å²) < 4.78 is 5.14. The molecule has 0 aromatic heterocycles. The first-order chi connectivity index (χ1) is 9.63. The number of aliphatic carboxylic acids is 1. The maximum Gasteiger partial charge on any atom is 0.407 e. The number of amides is 1. The smallest absolute Gasteiger partial charge is 0.407 e. The highest BCUT2D eigenvalue weighted by atomic mass is 16.6. The van der Waals surface area contributed by atoms with Crippen LogP contribution in [0, 0.1) is 5.92 Å². The number of nitrogens with one attached hydrogen (secondary N) is 1. The Labute approximate surface area is 116 Å². The molecule has 2 N–H and O–H groups in total. The maximum atomic E-state index is 11.3. The van der Waals surface area contributed by atoms with Gasteiger partial charge in [0.05, 0.1) is 19.0 Å². The van der Waals surface area contributed by atoms with Crippen molar-refractivity contribution in [1.82, 2.24) is 5.32 Å². The third-order valence-electron chi connectivity index (χ3n) is 3.76. The summed E-state index contributed by atoms with van der Waals surface area (Å²) in [7, 11) is 0. The van der Waals surface area contributed by atoms with E-state index in [1.54, 1.807) is 0 Å². The van der Waals surface area contributed by atoms with E-state index in [4.69, 9.17) is 4.74 Å². The Kier molecular flexibility index (Phi) is 3.22. The van der Waals surface area contributed by atoms with Gasteiger partial charge in [-0.3, -0.25) is 4.79 Å². The number of para-hydroxylation sites is 1. The first-order valence-corrected chi connectivity index (χ1v) is 6.63. The predicted molar refractivity (Wildman–Crippen MR) is 71.8 cm³/mol. The summed E-state index contributed by atoms with van der Waals surface area (Å²) >= 11 is 0. The third kappa shape index (κ3) is 2.41. The molecule has 2 heterocycles. The van der Waals surface area contributed by atoms with E-state index < -0.39 is 18.0 Å². The number of hydrogen-bond acceptors (Lipinski definition) is 4. The zero-order chi connectivity index (χ0) is 14.1. The number of fused-ring (bicyclic) bond motifs is 1. The molecule has 1 aromatic carbocycles. The van der Waals surface area contributed by atoms with Crippen LogP contribution in [0.3, 0.4) is 0 Å². The minimum Gasteiger partial charge on any atom is -0.481 e. The van der Waals surface area contributed by atoms with Crippen LogP contribution in [0.15, 0.2) is 24.3 Å². The van der Waals surface area contributed by atoms with Crippen LogP contribution in [0.5, 0.6) is 0 Å². The molecule has 1 saturated heterocycles. The normalized spacial score (nSPS) is 24.8. The average Bonchev–Trinajstić information content (AvgIpc) is 2.84. The van der Waals surface area contributed by atoms with Gasteiger partial charge in [-0.25, -0.2) is 4.79 Å². The summed E-state index contributed by atoms with van der Waals surface area (Å²) in [6.07, 6.45) is -0.0942. The average molecular weight is 276 g/mol. The number of ether oxygens (including phenoxy) is 1. The van der Waals surface area contributed by atoms with E-state index in [2.05, 4.69) is 5.32 Å². The fourth-order valence-corrected chi connectivity index (χ4v) is 2.80. The SMILES string of the molecule is O=C1NCC(CN2CC(C(=O)O)Cc3ccccc32)O1. The van der Waals surface area contributed by atoms with Crippen molar-refractivity contribution >= 4 is 17.7 Å². The number of carboxylic acid groups (broad SMARTS) is 1. The number of cyclic esters (lactones) is 1. The topological polar surface area (TPSA) is 78.9 Å². The number of hydrogen-bond donors (Lipinski definition) is 2. The Bertz CT molecular complexity index is 546. The molecule has 0 radical (unpaired) electrons. The summed E-state index contributed by atoms with van der Waals surface area (Å²) in [5.41, 5.74) is 2.07. The van der Waals surface area contributed by atoms with Gasteiger partial charge in [0.1, 0.15) is 6.10 Å². The molecule has 106 valence electrons. The van der Waals surface area contributed by atoms with Crippen molar-refractivity contribution in [3.8, 4) is 0 Å². The van der Waals surface area contributed by atoms with Crippen molar-refractivity contribution in [2.75, 3.05) is 24.5 Å². The fourth-order valence-electron chi connectivity index (χ4n) is 2.80. The molecule has 0 bridgehead atoms. The number of carbonyl (C=O) groups excluding carboxylic acids is 1. The molecular weight excluding hydrogens is 260 g/mol. The van der Waals surface area contributed by atoms with Gasteiger partial charge >= 0.3 is 12.1 Å². The van der Waals surface area contributed by atoms with Gasteiger partial charge < -0.3 is 20.1 Å². The molecule has 1 aromatic rings. The van der Waals surface area contributed by atoms with Crippen molar-refractivity contribution < 1.29 is 19.4 Å². The number of alkyl carbamates (subject to hydrolysis) is 1. The number of benzene rings is 1. The Morgan fingerprint density at radius 3 is 2.95 bits per heavy atom. The number of carboxylic acids is 1. The molecular formula is C14H16N2O4. The number of anilines is 1. The number of rotatable bonds is 3. The number of carbonyl (C=O) groups is 2. The lowest BCUT2D eigenvalue weighted by Gasteiger charge is -2.35. The molecule has 1 fully saturated rings. The van der Waals surface area contributed by atoms with E-state index in [-0.39, 0.29) is 6.10 Å². The molecule has 2 aliphatic heterocycles. The Morgan fingerprint density at radius 1 is 1.45 bits per heavy atom. The van der Waals surface area contributed by atoms with Crippen molar-refractivity contribution in [2.45, 2.75) is 12.5 Å². The molecule has 1 amide bonds. The highest BCUT2D eigenvalue weighted by molar-refractivity contribution is 5.74. The lowest BCUT2D eigenvalue weighted by atomic mass is 9.92. The fraction of sp³-hybridized carbons (Fsp3) is 0.429. The van der Waals surface area contributed by atoms with Crippen molar-refractivity contribution in [3.05, 3.63) is 29.8 Å². The molecule has 2 aliphatic rings. The zero-order valence-electron chi connectivity index (χ0n) is 10.9. The standard InChI is InChI=1S/C14H16N2O4/c17-13(18)10-5-9-3-1-2-4-12(9)16(7-10)8-11-6-15-14(19)20-11/h1-4,10-11H,5-8H2,(H,15,19)(H,17,18). The van der Waals surface area contributed by atoms with E-state index in [9.17, 15) is 14.7 Å². The molecule has 2 unspecified atom stereocenters. The molecule has 0 aliphatic carbocycles. The van der Waals surface area contributed by atoms with E-state index in [0.29, 0.717) is 26.1 Å². The van der Waals surface area contributed by atoms with Crippen molar-refractivity contribution in [1.29, 1.82) is 0 Å². The van der Waals surface area contributed by atoms with Crippen LogP contribution in [-0.4, -0.2) is 42.9 Å². The van der Waals surface area contributed by atoms with Gasteiger partial charge in [0.25, 0.3) is 0 Å². The zero-order valence-corrected chi connectivity index (χ0v) is 10.9. The highest BCUT2D eigenvalue weighted by Crippen LogP contribution is 2.30. The Balaban J connectivity index is 1.81. The van der Waals surface area contributed by atoms with Crippen LogP contribution in [0.25, 0.3) is 0 Å². The van der Waals surface area contributed by atoms with Crippen molar-refractivity contribution in [3.63, 3.8) is 0 Å². The van der Waals surface area contributed by atoms with Gasteiger partial charge in [-0.1, -0.05) is 18.2 Å².